The number of rotatable bonds is 6. The fraction of sp³-hybridized carbons (Fsp3) is 0.500. The lowest BCUT2D eigenvalue weighted by molar-refractivity contribution is -0.120. The molecule has 2 rings (SSSR count). The molecule has 4 N–H and O–H groups in total. The van der Waals surface area contributed by atoms with Crippen LogP contribution >= 0.6 is 0 Å². The first kappa shape index (κ1) is 16.7. The molecule has 0 unspecified atom stereocenters. The van der Waals surface area contributed by atoms with E-state index in [0.717, 1.165) is 24.2 Å². The third-order valence-corrected chi connectivity index (χ3v) is 5.46. The Morgan fingerprint density at radius 3 is 2.55 bits per heavy atom. The van der Waals surface area contributed by atoms with E-state index in [-0.39, 0.29) is 4.90 Å². The highest BCUT2D eigenvalue weighted by atomic mass is 32.2. The average Bonchev–Trinajstić information content (AvgIpc) is 3.28. The number of hydrazine groups is 1. The van der Waals surface area contributed by atoms with Crippen LogP contribution in [0.5, 0.6) is 5.75 Å². The molecule has 0 heterocycles. The number of carbonyl (C=O) groups is 1. The lowest BCUT2D eigenvalue weighted by Gasteiger charge is -2.18. The van der Waals surface area contributed by atoms with Crippen molar-refractivity contribution >= 4 is 15.9 Å². The largest absolute Gasteiger partial charge is 0.496 e. The van der Waals surface area contributed by atoms with E-state index in [1.165, 1.54) is 0 Å². The van der Waals surface area contributed by atoms with E-state index in [1.807, 2.05) is 5.43 Å². The summed E-state index contributed by atoms with van der Waals surface area (Å²) in [7, 11) is -2.22. The molecule has 122 valence electrons. The van der Waals surface area contributed by atoms with Crippen molar-refractivity contribution in [1.82, 2.24) is 10.1 Å². The molecule has 8 heteroatoms. The number of nitrogens with one attached hydrogen (secondary N) is 2. The standard InChI is InChI=1S/C14H21N3O4S/c1-8-6-11(21-3)13(10-4-5-10)9(2)14(8)22(19,20)16-7-12(18)17-15/h6,10,16H,4-5,7,15H2,1-3H3,(H,17,18). The average molecular weight is 327 g/mol. The van der Waals surface area contributed by atoms with Gasteiger partial charge in [-0.2, -0.15) is 0 Å². The fourth-order valence-electron chi connectivity index (χ4n) is 2.69. The molecule has 1 amide bonds. The van der Waals surface area contributed by atoms with Crippen LogP contribution in [0, 0.1) is 13.8 Å². The van der Waals surface area contributed by atoms with Crippen molar-refractivity contribution < 1.29 is 17.9 Å². The summed E-state index contributed by atoms with van der Waals surface area (Å²) in [6.45, 7) is 3.09. The smallest absolute Gasteiger partial charge is 0.248 e. The van der Waals surface area contributed by atoms with Crippen molar-refractivity contribution in [1.29, 1.82) is 0 Å². The Morgan fingerprint density at radius 1 is 1.41 bits per heavy atom. The normalized spacial score (nSPS) is 14.7. The predicted octanol–water partition coefficient (Wildman–Crippen LogP) is 0.458. The van der Waals surface area contributed by atoms with Gasteiger partial charge in [0.15, 0.2) is 0 Å². The number of methoxy groups -OCH3 is 1. The Bertz CT molecular complexity index is 697. The van der Waals surface area contributed by atoms with Crippen LogP contribution in [0.3, 0.4) is 0 Å². The first-order valence-electron chi connectivity index (χ1n) is 6.99. The quantitative estimate of drug-likeness (QED) is 0.399. The van der Waals surface area contributed by atoms with Gasteiger partial charge in [-0.15, -0.1) is 0 Å². The van der Waals surface area contributed by atoms with Gasteiger partial charge in [-0.25, -0.2) is 19.0 Å². The number of amides is 1. The van der Waals surface area contributed by atoms with Crippen molar-refractivity contribution in [3.05, 3.63) is 22.8 Å². The summed E-state index contributed by atoms with van der Waals surface area (Å²) in [6, 6.07) is 1.73. The Morgan fingerprint density at radius 2 is 2.05 bits per heavy atom. The molecule has 0 atom stereocenters. The van der Waals surface area contributed by atoms with Crippen molar-refractivity contribution in [2.45, 2.75) is 37.5 Å². The molecule has 1 aliphatic rings. The summed E-state index contributed by atoms with van der Waals surface area (Å²) in [5.74, 6) is 5.42. The molecular weight excluding hydrogens is 306 g/mol. The maximum Gasteiger partial charge on any atom is 0.248 e. The molecule has 1 aromatic rings. The SMILES string of the molecule is COc1cc(C)c(S(=O)(=O)NCC(=O)NN)c(C)c1C1CC1. The van der Waals surface area contributed by atoms with E-state index in [0.29, 0.717) is 17.0 Å². The first-order chi connectivity index (χ1) is 10.3. The lowest BCUT2D eigenvalue weighted by Crippen LogP contribution is -2.40. The molecule has 1 saturated carbocycles. The lowest BCUT2D eigenvalue weighted by atomic mass is 10.0. The van der Waals surface area contributed by atoms with Crippen molar-refractivity contribution in [2.75, 3.05) is 13.7 Å². The Labute approximate surface area is 130 Å². The zero-order chi connectivity index (χ0) is 16.5. The van der Waals surface area contributed by atoms with Gasteiger partial charge in [-0.3, -0.25) is 10.2 Å². The van der Waals surface area contributed by atoms with E-state index in [9.17, 15) is 13.2 Å². The number of nitrogens with two attached hydrogens (primary N) is 1. The second-order valence-electron chi connectivity index (χ2n) is 5.43. The summed E-state index contributed by atoms with van der Waals surface area (Å²) in [4.78, 5) is 11.4. The van der Waals surface area contributed by atoms with E-state index in [2.05, 4.69) is 4.72 Å². The van der Waals surface area contributed by atoms with Crippen LogP contribution in [0.4, 0.5) is 0 Å². The van der Waals surface area contributed by atoms with Gasteiger partial charge >= 0.3 is 0 Å². The molecule has 0 spiro atoms. The fourth-order valence-corrected chi connectivity index (χ4v) is 4.15. The zero-order valence-corrected chi connectivity index (χ0v) is 13.7. The summed E-state index contributed by atoms with van der Waals surface area (Å²) >= 11 is 0. The summed E-state index contributed by atoms with van der Waals surface area (Å²) < 4.78 is 32.7. The molecule has 0 aromatic heterocycles. The second-order valence-corrected chi connectivity index (χ2v) is 7.13. The molecule has 0 radical (unpaired) electrons. The molecule has 1 aromatic carbocycles. The van der Waals surface area contributed by atoms with Gasteiger partial charge in [-0.1, -0.05) is 0 Å². The van der Waals surface area contributed by atoms with Crippen LogP contribution in [-0.2, 0) is 14.8 Å². The predicted molar refractivity (Wildman–Crippen MR) is 82.0 cm³/mol. The topological polar surface area (TPSA) is 111 Å². The van der Waals surface area contributed by atoms with E-state index in [4.69, 9.17) is 10.6 Å². The van der Waals surface area contributed by atoms with Crippen LogP contribution in [0.15, 0.2) is 11.0 Å². The van der Waals surface area contributed by atoms with E-state index < -0.39 is 22.5 Å². The number of hydrogen-bond acceptors (Lipinski definition) is 5. The van der Waals surface area contributed by atoms with Crippen LogP contribution in [0.25, 0.3) is 0 Å². The van der Waals surface area contributed by atoms with Gasteiger partial charge in [0.25, 0.3) is 0 Å². The molecule has 7 nitrogen and oxygen atoms in total. The van der Waals surface area contributed by atoms with Gasteiger partial charge < -0.3 is 4.74 Å². The van der Waals surface area contributed by atoms with E-state index >= 15 is 0 Å². The van der Waals surface area contributed by atoms with Crippen molar-refractivity contribution in [3.63, 3.8) is 0 Å². The summed E-state index contributed by atoms with van der Waals surface area (Å²) in [5.41, 5.74) is 4.10. The third kappa shape index (κ3) is 3.23. The maximum atomic E-state index is 12.5. The molecule has 0 bridgehead atoms. The Hall–Kier alpha value is -1.64. The van der Waals surface area contributed by atoms with Gasteiger partial charge in [0, 0.05) is 5.56 Å². The third-order valence-electron chi connectivity index (χ3n) is 3.77. The summed E-state index contributed by atoms with van der Waals surface area (Å²) in [5, 5.41) is 0. The van der Waals surface area contributed by atoms with Crippen LogP contribution in [-0.4, -0.2) is 28.0 Å². The Balaban J connectivity index is 2.46. The number of aryl methyl sites for hydroxylation is 1. The summed E-state index contributed by atoms with van der Waals surface area (Å²) in [6.07, 6.45) is 2.06. The minimum absolute atomic E-state index is 0.208. The zero-order valence-electron chi connectivity index (χ0n) is 12.9. The van der Waals surface area contributed by atoms with Gasteiger partial charge in [0.05, 0.1) is 18.6 Å². The maximum absolute atomic E-state index is 12.5. The van der Waals surface area contributed by atoms with Crippen LogP contribution < -0.4 is 20.7 Å². The number of benzene rings is 1. The van der Waals surface area contributed by atoms with Crippen molar-refractivity contribution in [2.24, 2.45) is 5.84 Å². The molecule has 22 heavy (non-hydrogen) atoms. The number of sulfonamides is 1. The molecular formula is C14H21N3O4S. The van der Waals surface area contributed by atoms with Gasteiger partial charge in [-0.05, 0) is 49.8 Å². The highest BCUT2D eigenvalue weighted by Crippen LogP contribution is 2.47. The van der Waals surface area contributed by atoms with E-state index in [1.54, 1.807) is 27.0 Å². The molecule has 0 aliphatic heterocycles. The highest BCUT2D eigenvalue weighted by Gasteiger charge is 2.32. The Kier molecular flexibility index (Phi) is 4.74. The molecule has 1 aliphatic carbocycles. The monoisotopic (exact) mass is 327 g/mol. The number of carbonyl (C=O) groups excluding carboxylic acids is 1. The van der Waals surface area contributed by atoms with Gasteiger partial charge in [0.1, 0.15) is 5.75 Å². The van der Waals surface area contributed by atoms with Gasteiger partial charge in [0.2, 0.25) is 15.9 Å². The number of ether oxygens (including phenoxy) is 1. The van der Waals surface area contributed by atoms with Crippen molar-refractivity contribution in [3.8, 4) is 5.75 Å². The molecule has 1 fully saturated rings. The highest BCUT2D eigenvalue weighted by molar-refractivity contribution is 7.89. The molecule has 0 saturated heterocycles. The first-order valence-corrected chi connectivity index (χ1v) is 8.47. The minimum Gasteiger partial charge on any atom is -0.496 e. The van der Waals surface area contributed by atoms with Crippen LogP contribution in [0.1, 0.15) is 35.4 Å². The number of hydrogen-bond donors (Lipinski definition) is 3. The second kappa shape index (κ2) is 6.23. The van der Waals surface area contributed by atoms with Crippen LogP contribution in [0.2, 0.25) is 0 Å². The minimum atomic E-state index is -3.80.